The molecular formula is C17H20N4O7S2. The number of nitrogens with two attached hydrogens (primary N) is 1. The highest BCUT2D eigenvalue weighted by Crippen LogP contribution is 2.40. The summed E-state index contributed by atoms with van der Waals surface area (Å²) in [5.74, 6) is -1.25. The lowest BCUT2D eigenvalue weighted by atomic mass is 10.1. The van der Waals surface area contributed by atoms with Crippen LogP contribution in [0.1, 0.15) is 27.0 Å². The van der Waals surface area contributed by atoms with Crippen LogP contribution in [0.3, 0.4) is 0 Å². The molecule has 0 aromatic carbocycles. The third-order valence-electron chi connectivity index (χ3n) is 4.09. The van der Waals surface area contributed by atoms with Crippen LogP contribution in [0.15, 0.2) is 12.3 Å². The fourth-order valence-corrected chi connectivity index (χ4v) is 4.36. The molecule has 1 saturated heterocycles. The molecule has 0 saturated carbocycles. The van der Waals surface area contributed by atoms with Crippen LogP contribution in [0.25, 0.3) is 10.3 Å². The van der Waals surface area contributed by atoms with E-state index in [0.29, 0.717) is 10.5 Å². The Labute approximate surface area is 180 Å². The van der Waals surface area contributed by atoms with Gasteiger partial charge in [-0.15, -0.1) is 0 Å². The molecule has 3 rings (SSSR count). The van der Waals surface area contributed by atoms with E-state index in [-0.39, 0.29) is 28.0 Å². The van der Waals surface area contributed by atoms with Gasteiger partial charge in [0.05, 0.1) is 5.76 Å². The van der Waals surface area contributed by atoms with Gasteiger partial charge in [0.1, 0.15) is 17.4 Å². The minimum absolute atomic E-state index is 0.162. The Morgan fingerprint density at radius 2 is 1.97 bits per heavy atom. The molecule has 1 aliphatic heterocycles. The van der Waals surface area contributed by atoms with E-state index in [1.165, 1.54) is 18.4 Å². The highest BCUT2D eigenvalue weighted by molar-refractivity contribution is 7.73. The van der Waals surface area contributed by atoms with Gasteiger partial charge in [-0.2, -0.15) is 9.97 Å². The minimum atomic E-state index is -0.943. The number of nitrogen functional groups attached to an aromatic ring is 1. The lowest BCUT2D eigenvalue weighted by Crippen LogP contribution is -2.39. The second-order valence-electron chi connectivity index (χ2n) is 6.52. The van der Waals surface area contributed by atoms with Crippen molar-refractivity contribution in [2.45, 2.75) is 45.3 Å². The van der Waals surface area contributed by atoms with Crippen LogP contribution >= 0.6 is 23.6 Å². The quantitative estimate of drug-likeness (QED) is 0.372. The number of hydrogen-bond donors (Lipinski definition) is 2. The molecule has 13 heteroatoms. The Morgan fingerprint density at radius 3 is 2.57 bits per heavy atom. The molecule has 162 valence electrons. The van der Waals surface area contributed by atoms with E-state index in [4.69, 9.17) is 36.9 Å². The van der Waals surface area contributed by atoms with Gasteiger partial charge < -0.3 is 29.8 Å². The van der Waals surface area contributed by atoms with Crippen LogP contribution in [-0.2, 0) is 28.5 Å². The molecule has 3 N–H and O–H groups in total. The molecule has 1 fully saturated rings. The molecule has 0 amide bonds. The Morgan fingerprint density at radius 1 is 1.27 bits per heavy atom. The monoisotopic (exact) mass is 456 g/mol. The van der Waals surface area contributed by atoms with Crippen molar-refractivity contribution in [3.05, 3.63) is 16.3 Å². The molecule has 11 nitrogen and oxygen atoms in total. The average molecular weight is 457 g/mol. The summed E-state index contributed by atoms with van der Waals surface area (Å²) in [6.07, 6.45) is -3.62. The summed E-state index contributed by atoms with van der Waals surface area (Å²) in [7, 11) is 0. The second kappa shape index (κ2) is 8.53. The number of aromatic nitrogens is 3. The summed E-state index contributed by atoms with van der Waals surface area (Å²) in [5.41, 5.74) is 5.91. The summed E-state index contributed by atoms with van der Waals surface area (Å²) in [5, 5.41) is 10.1. The topological polar surface area (TPSA) is 148 Å². The molecule has 1 aliphatic rings. The first-order valence-electron chi connectivity index (χ1n) is 8.74. The molecule has 3 heterocycles. The molecule has 4 atom stereocenters. The molecule has 0 radical (unpaired) electrons. The van der Waals surface area contributed by atoms with E-state index >= 15 is 0 Å². The smallest absolute Gasteiger partial charge is 0.303 e. The molecule has 0 aliphatic carbocycles. The van der Waals surface area contributed by atoms with Crippen molar-refractivity contribution >= 4 is 51.8 Å². The molecule has 0 bridgehead atoms. The maximum Gasteiger partial charge on any atom is 0.303 e. The van der Waals surface area contributed by atoms with Gasteiger partial charge in [-0.1, -0.05) is 17.9 Å². The summed E-state index contributed by atoms with van der Waals surface area (Å²) in [6.45, 7) is 7.67. The van der Waals surface area contributed by atoms with Crippen molar-refractivity contribution in [3.63, 3.8) is 0 Å². The highest BCUT2D eigenvalue weighted by atomic mass is 32.1. The van der Waals surface area contributed by atoms with Crippen molar-refractivity contribution in [1.82, 2.24) is 14.5 Å². The number of hydrogen-bond acceptors (Lipinski definition) is 12. The number of carbonyl (C=O) groups is 2. The number of nitrogens with zero attached hydrogens (tertiary/aromatic N) is 3. The van der Waals surface area contributed by atoms with Crippen LogP contribution in [0.2, 0.25) is 0 Å². The van der Waals surface area contributed by atoms with Crippen molar-refractivity contribution in [3.8, 4) is 5.88 Å². The highest BCUT2D eigenvalue weighted by Gasteiger charge is 2.51. The van der Waals surface area contributed by atoms with E-state index in [1.54, 1.807) is 6.92 Å². The van der Waals surface area contributed by atoms with E-state index < -0.39 is 36.5 Å². The van der Waals surface area contributed by atoms with Crippen LogP contribution in [0.4, 0.5) is 5.95 Å². The van der Waals surface area contributed by atoms with E-state index in [0.717, 1.165) is 11.3 Å². The van der Waals surface area contributed by atoms with Gasteiger partial charge in [0.2, 0.25) is 11.8 Å². The number of anilines is 1. The average Bonchev–Trinajstić information content (AvgIpc) is 3.10. The number of allylic oxidation sites excluding steroid dienone is 1. The number of aromatic hydroxyl groups is 1. The van der Waals surface area contributed by atoms with E-state index in [9.17, 15) is 14.7 Å². The molecule has 2 aromatic rings. The summed E-state index contributed by atoms with van der Waals surface area (Å²) < 4.78 is 24.4. The van der Waals surface area contributed by atoms with Crippen molar-refractivity contribution in [1.29, 1.82) is 0 Å². The van der Waals surface area contributed by atoms with Crippen molar-refractivity contribution in [2.75, 3.05) is 12.3 Å². The van der Waals surface area contributed by atoms with Crippen molar-refractivity contribution in [2.24, 2.45) is 0 Å². The van der Waals surface area contributed by atoms with Gasteiger partial charge in [-0.3, -0.25) is 14.2 Å². The Bertz CT molecular complexity index is 1070. The summed E-state index contributed by atoms with van der Waals surface area (Å²) in [6, 6.07) is 0. The van der Waals surface area contributed by atoms with Gasteiger partial charge in [0, 0.05) is 13.8 Å². The second-order valence-corrected chi connectivity index (χ2v) is 8.17. The SMILES string of the molecule is C=C(C)O[C@@H]1[C@H](OC(C)=O)[C@@H](COC(C)=O)O[C@H]1n1c(=S)sc2c(O)nc(N)nc21. The fraction of sp³-hybridized carbons (Fsp3) is 0.471. The molecule has 0 unspecified atom stereocenters. The Balaban J connectivity index is 2.11. The number of carbonyl (C=O) groups excluding carboxylic acids is 2. The standard InChI is InChI=1S/C17H20N4O7S2/c1-6(2)26-11-10(27-8(4)23)9(5-25-7(3)22)28-15(11)21-13-12(30-17(21)29)14(24)20-16(18)19-13/h9-11,15H,1,5H2,2-4H3,(H3,18,19,20,24)/t9-,10-,11-,15-/m1/s1. The predicted octanol–water partition coefficient (Wildman–Crippen LogP) is 1.82. The Hall–Kier alpha value is -2.77. The summed E-state index contributed by atoms with van der Waals surface area (Å²) in [4.78, 5) is 30.9. The first-order valence-corrected chi connectivity index (χ1v) is 9.96. The molecule has 2 aromatic heterocycles. The van der Waals surface area contributed by atoms with E-state index in [2.05, 4.69) is 16.5 Å². The first-order chi connectivity index (χ1) is 14.1. The maximum atomic E-state index is 11.7. The third-order valence-corrected chi connectivity index (χ3v) is 5.48. The maximum absolute atomic E-state index is 11.7. The molecule has 30 heavy (non-hydrogen) atoms. The number of fused-ring (bicyclic) bond motifs is 1. The summed E-state index contributed by atoms with van der Waals surface area (Å²) >= 11 is 6.49. The van der Waals surface area contributed by atoms with Gasteiger partial charge >= 0.3 is 11.9 Å². The van der Waals surface area contributed by atoms with E-state index in [1.807, 2.05) is 0 Å². The van der Waals surface area contributed by atoms with Gasteiger partial charge in [0.25, 0.3) is 0 Å². The van der Waals surface area contributed by atoms with Crippen LogP contribution < -0.4 is 5.73 Å². The van der Waals surface area contributed by atoms with Crippen molar-refractivity contribution < 1.29 is 33.6 Å². The first kappa shape index (κ1) is 21.9. The number of esters is 2. The zero-order chi connectivity index (χ0) is 22.2. The van der Waals surface area contributed by atoms with Gasteiger partial charge in [-0.25, -0.2) is 0 Å². The lowest BCUT2D eigenvalue weighted by Gasteiger charge is -2.25. The lowest BCUT2D eigenvalue weighted by molar-refractivity contribution is -0.157. The zero-order valence-electron chi connectivity index (χ0n) is 16.4. The Kier molecular flexibility index (Phi) is 6.24. The minimum Gasteiger partial charge on any atom is -0.492 e. The largest absolute Gasteiger partial charge is 0.492 e. The fourth-order valence-electron chi connectivity index (χ4n) is 3.09. The van der Waals surface area contributed by atoms with Gasteiger partial charge in [0.15, 0.2) is 28.0 Å². The number of thiazole rings is 1. The van der Waals surface area contributed by atoms with Crippen LogP contribution in [0, 0.1) is 3.95 Å². The third kappa shape index (κ3) is 4.37. The normalized spacial score (nSPS) is 23.3. The molecular weight excluding hydrogens is 436 g/mol. The van der Waals surface area contributed by atoms with Crippen LogP contribution in [-0.4, -0.2) is 56.5 Å². The number of ether oxygens (including phenoxy) is 4. The zero-order valence-corrected chi connectivity index (χ0v) is 18.0. The van der Waals surface area contributed by atoms with Gasteiger partial charge in [-0.05, 0) is 19.1 Å². The van der Waals surface area contributed by atoms with Crippen LogP contribution in [0.5, 0.6) is 5.88 Å². The predicted molar refractivity (Wildman–Crippen MR) is 108 cm³/mol. The number of rotatable bonds is 6. The molecule has 0 spiro atoms.